The van der Waals surface area contributed by atoms with Crippen molar-refractivity contribution in [2.45, 2.75) is 4.90 Å². The molecule has 0 atom stereocenters. The van der Waals surface area contributed by atoms with Crippen LogP contribution in [-0.4, -0.2) is 15.5 Å². The highest BCUT2D eigenvalue weighted by molar-refractivity contribution is 9.10. The van der Waals surface area contributed by atoms with Crippen molar-refractivity contribution in [1.82, 2.24) is 0 Å². The minimum atomic E-state index is -3.86. The van der Waals surface area contributed by atoms with Gasteiger partial charge in [0.1, 0.15) is 16.7 Å². The first-order valence-corrected chi connectivity index (χ1v) is 9.41. The molecule has 0 N–H and O–H groups in total. The van der Waals surface area contributed by atoms with Crippen LogP contribution in [-0.2, 0) is 9.84 Å². The molecule has 118 valence electrons. The maximum atomic E-state index is 12.5. The molecule has 0 fully saturated rings. The molecule has 0 aliphatic rings. The molecular weight excluding hydrogens is 446 g/mol. The summed E-state index contributed by atoms with van der Waals surface area (Å²) < 4.78 is 31.6. The minimum Gasteiger partial charge on any atom is -0.496 e. The first-order chi connectivity index (χ1) is 10.9. The van der Waals surface area contributed by atoms with E-state index in [4.69, 9.17) is 4.74 Å². The highest BCUT2D eigenvalue weighted by Crippen LogP contribution is 2.28. The van der Waals surface area contributed by atoms with Gasteiger partial charge in [0.2, 0.25) is 9.84 Å². The number of benzene rings is 2. The quantitative estimate of drug-likeness (QED) is 0.632. The van der Waals surface area contributed by atoms with E-state index in [-0.39, 0.29) is 9.80 Å². The van der Waals surface area contributed by atoms with Crippen LogP contribution in [0.1, 0.15) is 5.56 Å². The lowest BCUT2D eigenvalue weighted by Gasteiger charge is -2.05. The van der Waals surface area contributed by atoms with Crippen LogP contribution >= 0.6 is 31.9 Å². The number of ether oxygens (including phenoxy) is 1. The predicted octanol–water partition coefficient (Wildman–Crippen LogP) is 4.56. The van der Waals surface area contributed by atoms with E-state index in [1.54, 1.807) is 36.4 Å². The van der Waals surface area contributed by atoms with E-state index >= 15 is 0 Å². The Balaban J connectivity index is 2.48. The van der Waals surface area contributed by atoms with Gasteiger partial charge in [-0.1, -0.05) is 22.0 Å². The lowest BCUT2D eigenvalue weighted by atomic mass is 10.2. The maximum Gasteiger partial charge on any atom is 0.216 e. The molecular formula is C16H11Br2NO3S. The average Bonchev–Trinajstić information content (AvgIpc) is 2.53. The second-order valence-corrected chi connectivity index (χ2v) is 8.16. The van der Waals surface area contributed by atoms with Crippen LogP contribution in [0.5, 0.6) is 5.75 Å². The van der Waals surface area contributed by atoms with E-state index < -0.39 is 9.84 Å². The third-order valence-corrected chi connectivity index (χ3v) is 5.83. The summed E-state index contributed by atoms with van der Waals surface area (Å²) in [4.78, 5) is -0.252. The number of hydrogen-bond acceptors (Lipinski definition) is 4. The smallest absolute Gasteiger partial charge is 0.216 e. The van der Waals surface area contributed by atoms with Gasteiger partial charge in [0.15, 0.2) is 0 Å². The zero-order valence-corrected chi connectivity index (χ0v) is 15.9. The fraction of sp³-hybridized carbons (Fsp3) is 0.0625. The lowest BCUT2D eigenvalue weighted by molar-refractivity contribution is 0.412. The molecule has 0 radical (unpaired) electrons. The first-order valence-electron chi connectivity index (χ1n) is 6.34. The van der Waals surface area contributed by atoms with Crippen molar-refractivity contribution in [3.05, 3.63) is 61.9 Å². The SMILES string of the molecule is COc1ccc(/C=C(/C#N)S(=O)(=O)c2ccc(Br)cc2)cc1Br. The molecule has 0 heterocycles. The number of halogens is 2. The normalized spacial score (nSPS) is 11.8. The van der Waals surface area contributed by atoms with Gasteiger partial charge < -0.3 is 4.74 Å². The van der Waals surface area contributed by atoms with Crippen LogP contribution in [0.25, 0.3) is 6.08 Å². The zero-order valence-electron chi connectivity index (χ0n) is 12.0. The summed E-state index contributed by atoms with van der Waals surface area (Å²) in [6.07, 6.45) is 1.33. The Morgan fingerprint density at radius 3 is 2.35 bits per heavy atom. The Kier molecular flexibility index (Phi) is 5.63. The van der Waals surface area contributed by atoms with Crippen LogP contribution in [0.15, 0.2) is 61.2 Å². The summed E-state index contributed by atoms with van der Waals surface area (Å²) in [6, 6.07) is 13.0. The van der Waals surface area contributed by atoms with Gasteiger partial charge in [-0.15, -0.1) is 0 Å². The summed E-state index contributed by atoms with van der Waals surface area (Å²) in [6.45, 7) is 0. The van der Waals surface area contributed by atoms with Crippen molar-refractivity contribution < 1.29 is 13.2 Å². The van der Waals surface area contributed by atoms with Crippen molar-refractivity contribution in [2.75, 3.05) is 7.11 Å². The third-order valence-electron chi connectivity index (χ3n) is 3.00. The van der Waals surface area contributed by atoms with Gasteiger partial charge in [-0.2, -0.15) is 5.26 Å². The number of methoxy groups -OCH3 is 1. The summed E-state index contributed by atoms with van der Waals surface area (Å²) in [5.41, 5.74) is 0.579. The predicted molar refractivity (Wildman–Crippen MR) is 95.6 cm³/mol. The molecule has 0 amide bonds. The second-order valence-electron chi connectivity index (χ2n) is 4.47. The molecule has 0 bridgehead atoms. The van der Waals surface area contributed by atoms with E-state index in [9.17, 15) is 13.7 Å². The Morgan fingerprint density at radius 1 is 1.17 bits per heavy atom. The van der Waals surface area contributed by atoms with Gasteiger partial charge in [0, 0.05) is 4.47 Å². The molecule has 0 unspecified atom stereocenters. The number of rotatable bonds is 4. The van der Waals surface area contributed by atoms with E-state index in [0.29, 0.717) is 15.8 Å². The molecule has 2 rings (SSSR count). The third kappa shape index (κ3) is 4.02. The molecule has 0 aliphatic heterocycles. The molecule has 0 aliphatic carbocycles. The fourth-order valence-corrected chi connectivity index (χ4v) is 3.82. The number of nitrogens with zero attached hydrogens (tertiary/aromatic N) is 1. The Labute approximate surface area is 151 Å². The fourth-order valence-electron chi connectivity index (χ4n) is 1.83. The minimum absolute atomic E-state index is 0.0704. The molecule has 0 aromatic heterocycles. The largest absolute Gasteiger partial charge is 0.496 e. The van der Waals surface area contributed by atoms with E-state index in [1.807, 2.05) is 0 Å². The topological polar surface area (TPSA) is 67.2 Å². The molecule has 0 spiro atoms. The second kappa shape index (κ2) is 7.30. The Morgan fingerprint density at radius 2 is 1.83 bits per heavy atom. The summed E-state index contributed by atoms with van der Waals surface area (Å²) in [5, 5.41) is 9.27. The van der Waals surface area contributed by atoms with Gasteiger partial charge >= 0.3 is 0 Å². The number of allylic oxidation sites excluding steroid dienone is 1. The molecule has 2 aromatic carbocycles. The summed E-state index contributed by atoms with van der Waals surface area (Å²) in [7, 11) is -2.33. The van der Waals surface area contributed by atoms with Crippen LogP contribution in [0.2, 0.25) is 0 Å². The molecule has 7 heteroatoms. The van der Waals surface area contributed by atoms with Crippen molar-refractivity contribution in [1.29, 1.82) is 5.26 Å². The Hall–Kier alpha value is -1.62. The van der Waals surface area contributed by atoms with Gasteiger partial charge in [0.05, 0.1) is 16.5 Å². The van der Waals surface area contributed by atoms with Gasteiger partial charge in [-0.05, 0) is 64.0 Å². The van der Waals surface area contributed by atoms with Crippen molar-refractivity contribution in [3.8, 4) is 11.8 Å². The molecule has 4 nitrogen and oxygen atoms in total. The van der Waals surface area contributed by atoms with E-state index in [1.165, 1.54) is 25.3 Å². The number of sulfone groups is 1. The number of hydrogen-bond donors (Lipinski definition) is 0. The van der Waals surface area contributed by atoms with Crippen LogP contribution in [0.4, 0.5) is 0 Å². The van der Waals surface area contributed by atoms with Crippen molar-refractivity contribution in [3.63, 3.8) is 0 Å². The standard InChI is InChI=1S/C16H11Br2NO3S/c1-22-16-7-2-11(9-15(16)18)8-14(10-19)23(20,21)13-5-3-12(17)4-6-13/h2-9H,1H3/b14-8-. The highest BCUT2D eigenvalue weighted by Gasteiger charge is 2.20. The first kappa shape index (κ1) is 17.7. The van der Waals surface area contributed by atoms with E-state index in [0.717, 1.165) is 4.47 Å². The Bertz CT molecular complexity index is 898. The molecule has 2 aromatic rings. The summed E-state index contributed by atoms with van der Waals surface area (Å²) >= 11 is 6.58. The molecule has 0 saturated carbocycles. The van der Waals surface area contributed by atoms with Crippen LogP contribution < -0.4 is 4.74 Å². The van der Waals surface area contributed by atoms with Crippen LogP contribution in [0, 0.1) is 11.3 Å². The van der Waals surface area contributed by atoms with Crippen molar-refractivity contribution in [2.24, 2.45) is 0 Å². The number of nitriles is 1. The summed E-state index contributed by atoms with van der Waals surface area (Å²) in [5.74, 6) is 0.622. The van der Waals surface area contributed by atoms with Gasteiger partial charge in [-0.3, -0.25) is 0 Å². The van der Waals surface area contributed by atoms with E-state index in [2.05, 4.69) is 31.9 Å². The average molecular weight is 457 g/mol. The molecule has 0 saturated heterocycles. The monoisotopic (exact) mass is 455 g/mol. The maximum absolute atomic E-state index is 12.5. The van der Waals surface area contributed by atoms with Gasteiger partial charge in [0.25, 0.3) is 0 Å². The highest BCUT2D eigenvalue weighted by atomic mass is 79.9. The van der Waals surface area contributed by atoms with Crippen molar-refractivity contribution >= 4 is 47.8 Å². The lowest BCUT2D eigenvalue weighted by Crippen LogP contribution is -2.03. The van der Waals surface area contributed by atoms with Gasteiger partial charge in [-0.25, -0.2) is 8.42 Å². The zero-order chi connectivity index (χ0) is 17.0. The van der Waals surface area contributed by atoms with Crippen LogP contribution in [0.3, 0.4) is 0 Å². The molecule has 23 heavy (non-hydrogen) atoms.